The summed E-state index contributed by atoms with van der Waals surface area (Å²) in [6.07, 6.45) is 1.38. The van der Waals surface area contributed by atoms with Crippen molar-refractivity contribution in [3.8, 4) is 23.1 Å². The standard InChI is InChI=1S/C31H36F5N7O2/c1-4-17-13-43-22(11-38-17)15(2)45-28-23-26(24(34)25(39-28)18-8-21(37)20(33)9-19(18)30(3,35)36)40-29(41-27(23)43)44-14-31-6-5-7-42(31)12-16(32)10-31/h8-9,15-17,22,38H,4-7,10-14,37H2,1-3H3/t15-,16+,17+,22-,31-/m0/s1. The fourth-order valence-corrected chi connectivity index (χ4v) is 7.46. The first-order valence-electron chi connectivity index (χ1n) is 15.5. The van der Waals surface area contributed by atoms with Crippen LogP contribution >= 0.6 is 0 Å². The van der Waals surface area contributed by atoms with E-state index in [1.54, 1.807) is 0 Å². The number of benzene rings is 1. The molecule has 0 bridgehead atoms. The van der Waals surface area contributed by atoms with E-state index in [0.29, 0.717) is 44.9 Å². The van der Waals surface area contributed by atoms with E-state index in [1.165, 1.54) is 0 Å². The van der Waals surface area contributed by atoms with Crippen LogP contribution in [0, 0.1) is 11.6 Å². The Morgan fingerprint density at radius 3 is 2.76 bits per heavy atom. The van der Waals surface area contributed by atoms with Gasteiger partial charge in [0.25, 0.3) is 5.92 Å². The highest BCUT2D eigenvalue weighted by Gasteiger charge is 2.49. The lowest BCUT2D eigenvalue weighted by Crippen LogP contribution is -2.60. The second kappa shape index (κ2) is 10.8. The Morgan fingerprint density at radius 1 is 1.20 bits per heavy atom. The van der Waals surface area contributed by atoms with Gasteiger partial charge in [-0.15, -0.1) is 0 Å². The zero-order chi connectivity index (χ0) is 31.8. The zero-order valence-electron chi connectivity index (χ0n) is 25.3. The molecule has 0 radical (unpaired) electrons. The largest absolute Gasteiger partial charge is 0.472 e. The summed E-state index contributed by atoms with van der Waals surface area (Å²) in [4.78, 5) is 17.8. The summed E-state index contributed by atoms with van der Waals surface area (Å²) in [5.74, 6) is -5.32. The van der Waals surface area contributed by atoms with Crippen LogP contribution in [0.4, 0.5) is 33.5 Å². The molecule has 242 valence electrons. The van der Waals surface area contributed by atoms with E-state index in [2.05, 4.69) is 27.1 Å². The Labute approximate surface area is 257 Å². The maximum absolute atomic E-state index is 16.7. The van der Waals surface area contributed by atoms with Crippen molar-refractivity contribution in [3.63, 3.8) is 0 Å². The van der Waals surface area contributed by atoms with Gasteiger partial charge in [0, 0.05) is 50.1 Å². The summed E-state index contributed by atoms with van der Waals surface area (Å²) in [5, 5.41) is 3.69. The second-order valence-electron chi connectivity index (χ2n) is 12.9. The highest BCUT2D eigenvalue weighted by molar-refractivity contribution is 5.97. The molecule has 4 aliphatic heterocycles. The number of alkyl halides is 3. The summed E-state index contributed by atoms with van der Waals surface area (Å²) in [6.45, 7) is 6.79. The molecular formula is C31H36F5N7O2. The molecule has 3 saturated heterocycles. The van der Waals surface area contributed by atoms with Gasteiger partial charge in [-0.25, -0.2) is 26.9 Å². The molecule has 0 saturated carbocycles. The lowest BCUT2D eigenvalue weighted by atomic mass is 9.95. The number of anilines is 2. The smallest absolute Gasteiger partial charge is 0.319 e. The first-order chi connectivity index (χ1) is 21.4. The molecule has 3 aromatic rings. The number of aromatic nitrogens is 3. The molecule has 0 unspecified atom stereocenters. The highest BCUT2D eigenvalue weighted by atomic mass is 19.3. The Morgan fingerprint density at radius 2 is 2.00 bits per heavy atom. The third kappa shape index (κ3) is 5.00. The number of pyridine rings is 1. The minimum atomic E-state index is -3.55. The zero-order valence-corrected chi connectivity index (χ0v) is 25.3. The van der Waals surface area contributed by atoms with E-state index in [4.69, 9.17) is 20.2 Å². The van der Waals surface area contributed by atoms with Gasteiger partial charge in [-0.1, -0.05) is 6.92 Å². The summed E-state index contributed by atoms with van der Waals surface area (Å²) in [7, 11) is 0. The molecule has 5 atom stereocenters. The molecule has 3 fully saturated rings. The van der Waals surface area contributed by atoms with Crippen LogP contribution in [0.1, 0.15) is 52.0 Å². The summed E-state index contributed by atoms with van der Waals surface area (Å²) in [6, 6.07) is 1.31. The van der Waals surface area contributed by atoms with E-state index < -0.39 is 52.3 Å². The number of nitrogens with two attached hydrogens (primary N) is 1. The fourth-order valence-electron chi connectivity index (χ4n) is 7.46. The maximum atomic E-state index is 16.7. The van der Waals surface area contributed by atoms with E-state index in [9.17, 15) is 17.6 Å². The van der Waals surface area contributed by atoms with E-state index in [0.717, 1.165) is 31.9 Å². The number of hydrogen-bond acceptors (Lipinski definition) is 9. The number of nitrogen functional groups attached to an aromatic ring is 1. The third-order valence-electron chi connectivity index (χ3n) is 9.85. The number of piperazine rings is 1. The second-order valence-corrected chi connectivity index (χ2v) is 12.9. The van der Waals surface area contributed by atoms with Crippen molar-refractivity contribution >= 4 is 22.4 Å². The van der Waals surface area contributed by atoms with Gasteiger partial charge in [-0.05, 0) is 44.9 Å². The molecule has 0 aliphatic carbocycles. The lowest BCUT2D eigenvalue weighted by Gasteiger charge is -2.42. The normalized spacial score (nSPS) is 28.1. The first kappa shape index (κ1) is 30.2. The molecule has 4 aliphatic rings. The van der Waals surface area contributed by atoms with Crippen LogP contribution in [0.5, 0.6) is 11.9 Å². The number of ether oxygens (including phenoxy) is 2. The molecule has 3 N–H and O–H groups in total. The number of halogens is 5. The van der Waals surface area contributed by atoms with Crippen LogP contribution in [0.2, 0.25) is 0 Å². The predicted octanol–water partition coefficient (Wildman–Crippen LogP) is 4.96. The van der Waals surface area contributed by atoms with Crippen LogP contribution in [-0.4, -0.2) is 82.5 Å². The van der Waals surface area contributed by atoms with Crippen LogP contribution < -0.4 is 25.4 Å². The van der Waals surface area contributed by atoms with Gasteiger partial charge < -0.3 is 25.4 Å². The number of rotatable bonds is 6. The average Bonchev–Trinajstić information content (AvgIpc) is 3.49. The minimum Gasteiger partial charge on any atom is -0.472 e. The molecule has 0 amide bonds. The van der Waals surface area contributed by atoms with Gasteiger partial charge in [-0.3, -0.25) is 4.90 Å². The molecule has 9 nitrogen and oxygen atoms in total. The number of fused-ring (bicyclic) bond motifs is 3. The van der Waals surface area contributed by atoms with Crippen LogP contribution in [0.3, 0.4) is 0 Å². The van der Waals surface area contributed by atoms with Gasteiger partial charge in [-0.2, -0.15) is 9.97 Å². The topological polar surface area (TPSA) is 102 Å². The van der Waals surface area contributed by atoms with Gasteiger partial charge in [0.1, 0.15) is 47.1 Å². The van der Waals surface area contributed by atoms with Crippen LogP contribution in [0.15, 0.2) is 12.1 Å². The third-order valence-corrected chi connectivity index (χ3v) is 9.85. The fraction of sp³-hybridized carbons (Fsp3) is 0.581. The van der Waals surface area contributed by atoms with E-state index in [1.807, 2.05) is 11.8 Å². The molecule has 1 aromatic carbocycles. The first-order valence-corrected chi connectivity index (χ1v) is 15.5. The van der Waals surface area contributed by atoms with E-state index in [-0.39, 0.29) is 47.0 Å². The molecule has 14 heteroatoms. The Hall–Kier alpha value is -3.52. The van der Waals surface area contributed by atoms with Crippen molar-refractivity contribution in [1.29, 1.82) is 0 Å². The van der Waals surface area contributed by atoms with Crippen molar-refractivity contribution in [3.05, 3.63) is 29.3 Å². The quantitative estimate of drug-likeness (QED) is 0.288. The number of nitrogens with one attached hydrogen (secondary N) is 1. The van der Waals surface area contributed by atoms with Gasteiger partial charge in [0.15, 0.2) is 5.82 Å². The molecule has 7 rings (SSSR count). The van der Waals surface area contributed by atoms with Crippen molar-refractivity contribution in [2.75, 3.05) is 43.4 Å². The van der Waals surface area contributed by atoms with Crippen molar-refractivity contribution in [2.45, 2.75) is 82.3 Å². The van der Waals surface area contributed by atoms with Crippen molar-refractivity contribution in [1.82, 2.24) is 25.2 Å². The molecule has 0 spiro atoms. The summed E-state index contributed by atoms with van der Waals surface area (Å²) in [5.41, 5.74) is 2.92. The molecular weight excluding hydrogens is 597 g/mol. The van der Waals surface area contributed by atoms with Gasteiger partial charge in [0.05, 0.1) is 17.3 Å². The minimum absolute atomic E-state index is 0.0391. The van der Waals surface area contributed by atoms with Gasteiger partial charge in [0.2, 0.25) is 5.88 Å². The van der Waals surface area contributed by atoms with Crippen LogP contribution in [0.25, 0.3) is 22.2 Å². The molecule has 2 aromatic heterocycles. The number of hydrogen-bond donors (Lipinski definition) is 2. The summed E-state index contributed by atoms with van der Waals surface area (Å²) >= 11 is 0. The molecule has 45 heavy (non-hydrogen) atoms. The van der Waals surface area contributed by atoms with Crippen molar-refractivity contribution < 1.29 is 31.4 Å². The van der Waals surface area contributed by atoms with Crippen LogP contribution in [-0.2, 0) is 5.92 Å². The van der Waals surface area contributed by atoms with Gasteiger partial charge >= 0.3 is 6.01 Å². The van der Waals surface area contributed by atoms with Crippen molar-refractivity contribution in [2.24, 2.45) is 0 Å². The number of nitrogens with zero attached hydrogens (tertiary/aromatic N) is 5. The Kier molecular flexibility index (Phi) is 7.23. The van der Waals surface area contributed by atoms with E-state index >= 15 is 4.39 Å². The monoisotopic (exact) mass is 633 g/mol. The molecule has 6 heterocycles. The average molecular weight is 634 g/mol. The lowest BCUT2D eigenvalue weighted by molar-refractivity contribution is 0.0177. The Balaban J connectivity index is 1.42. The highest BCUT2D eigenvalue weighted by Crippen LogP contribution is 2.45. The maximum Gasteiger partial charge on any atom is 0.319 e. The summed E-state index contributed by atoms with van der Waals surface area (Å²) < 4.78 is 87.6. The Bertz CT molecular complexity index is 1660. The SMILES string of the molecule is CC[C@@H]1CN2c3nc(OC[C@@]45CCCN4C[C@H](F)C5)nc4c(F)c(-c5cc(N)c(F)cc5C(C)(F)F)nc(c34)O[C@@H](C)[C@@H]2CN1. The predicted molar refractivity (Wildman–Crippen MR) is 159 cm³/mol.